The summed E-state index contributed by atoms with van der Waals surface area (Å²) in [6.07, 6.45) is 0.827. The number of benzene rings is 1. The predicted octanol–water partition coefficient (Wildman–Crippen LogP) is 3.04. The van der Waals surface area contributed by atoms with Crippen molar-refractivity contribution in [2.45, 2.75) is 32.9 Å². The van der Waals surface area contributed by atoms with Gasteiger partial charge in [-0.2, -0.15) is 0 Å². The normalized spacial score (nSPS) is 12.4. The Labute approximate surface area is 125 Å². The SMILES string of the molecule is C=C(C)Cn1c(C(N)CC)nc2cc(OC)c(OC)cc21. The highest BCUT2D eigenvalue weighted by atomic mass is 16.5. The first-order valence-electron chi connectivity index (χ1n) is 7.03. The molecule has 0 fully saturated rings. The number of hydrogen-bond acceptors (Lipinski definition) is 4. The first-order chi connectivity index (χ1) is 10.0. The minimum atomic E-state index is -0.103. The molecule has 0 radical (unpaired) electrons. The standard InChI is InChI=1S/C16H23N3O2/c1-6-11(17)16-18-12-7-14(20-4)15(21-5)8-13(12)19(16)9-10(2)3/h7-8,11H,2,6,9,17H2,1,3-5H3. The van der Waals surface area contributed by atoms with E-state index in [1.165, 1.54) is 0 Å². The van der Waals surface area contributed by atoms with E-state index in [1.54, 1.807) is 14.2 Å². The maximum atomic E-state index is 6.20. The maximum Gasteiger partial charge on any atom is 0.163 e. The summed E-state index contributed by atoms with van der Waals surface area (Å²) in [7, 11) is 3.25. The van der Waals surface area contributed by atoms with E-state index in [9.17, 15) is 0 Å². The van der Waals surface area contributed by atoms with Crippen LogP contribution in [0.4, 0.5) is 0 Å². The van der Waals surface area contributed by atoms with Crippen LogP contribution in [0.1, 0.15) is 32.1 Å². The van der Waals surface area contributed by atoms with Gasteiger partial charge in [0.1, 0.15) is 5.82 Å². The smallest absolute Gasteiger partial charge is 0.163 e. The molecule has 1 aromatic carbocycles. The van der Waals surface area contributed by atoms with E-state index in [2.05, 4.69) is 23.1 Å². The quantitative estimate of drug-likeness (QED) is 0.830. The van der Waals surface area contributed by atoms with Crippen molar-refractivity contribution in [3.63, 3.8) is 0 Å². The molecule has 1 atom stereocenters. The summed E-state index contributed by atoms with van der Waals surface area (Å²) in [6, 6.07) is 3.72. The molecule has 1 heterocycles. The molecule has 1 unspecified atom stereocenters. The third kappa shape index (κ3) is 2.88. The number of nitrogens with two attached hydrogens (primary N) is 1. The van der Waals surface area contributed by atoms with Gasteiger partial charge in [0.25, 0.3) is 0 Å². The highest BCUT2D eigenvalue weighted by molar-refractivity contribution is 5.81. The lowest BCUT2D eigenvalue weighted by molar-refractivity contribution is 0.355. The second-order valence-electron chi connectivity index (χ2n) is 5.22. The van der Waals surface area contributed by atoms with E-state index in [-0.39, 0.29) is 6.04 Å². The van der Waals surface area contributed by atoms with E-state index in [0.717, 1.165) is 28.9 Å². The van der Waals surface area contributed by atoms with Crippen molar-refractivity contribution in [3.05, 3.63) is 30.1 Å². The van der Waals surface area contributed by atoms with Gasteiger partial charge in [0.15, 0.2) is 11.5 Å². The van der Waals surface area contributed by atoms with Crippen molar-refractivity contribution < 1.29 is 9.47 Å². The minimum absolute atomic E-state index is 0.103. The Balaban J connectivity index is 2.70. The second-order valence-corrected chi connectivity index (χ2v) is 5.22. The zero-order chi connectivity index (χ0) is 15.6. The summed E-state index contributed by atoms with van der Waals surface area (Å²) in [5.41, 5.74) is 9.09. The molecule has 0 bridgehead atoms. The molecule has 0 aliphatic rings. The van der Waals surface area contributed by atoms with Crippen LogP contribution in [0.2, 0.25) is 0 Å². The molecular formula is C16H23N3O2. The van der Waals surface area contributed by atoms with Crippen molar-refractivity contribution in [1.82, 2.24) is 9.55 Å². The Morgan fingerprint density at radius 2 is 1.95 bits per heavy atom. The fraction of sp³-hybridized carbons (Fsp3) is 0.438. The van der Waals surface area contributed by atoms with Crippen molar-refractivity contribution in [2.75, 3.05) is 14.2 Å². The molecule has 0 saturated carbocycles. The Hall–Kier alpha value is -2.01. The van der Waals surface area contributed by atoms with Crippen LogP contribution in [0, 0.1) is 0 Å². The molecule has 5 nitrogen and oxygen atoms in total. The molecule has 0 saturated heterocycles. The summed E-state index contributed by atoms with van der Waals surface area (Å²) in [5.74, 6) is 2.22. The number of ether oxygens (including phenoxy) is 2. The van der Waals surface area contributed by atoms with Gasteiger partial charge in [-0.3, -0.25) is 0 Å². The molecule has 0 amide bonds. The van der Waals surface area contributed by atoms with Crippen molar-refractivity contribution in [1.29, 1.82) is 0 Å². The van der Waals surface area contributed by atoms with Crippen molar-refractivity contribution in [2.24, 2.45) is 5.73 Å². The van der Waals surface area contributed by atoms with E-state index >= 15 is 0 Å². The Morgan fingerprint density at radius 1 is 1.33 bits per heavy atom. The largest absolute Gasteiger partial charge is 0.493 e. The number of rotatable bonds is 6. The van der Waals surface area contributed by atoms with E-state index in [0.29, 0.717) is 18.0 Å². The average Bonchev–Trinajstić information content (AvgIpc) is 2.82. The summed E-state index contributed by atoms with van der Waals surface area (Å²) < 4.78 is 12.8. The monoisotopic (exact) mass is 289 g/mol. The molecule has 21 heavy (non-hydrogen) atoms. The lowest BCUT2D eigenvalue weighted by Crippen LogP contribution is -2.16. The number of nitrogens with zero attached hydrogens (tertiary/aromatic N) is 2. The summed E-state index contributed by atoms with van der Waals surface area (Å²) in [6.45, 7) is 8.73. The van der Waals surface area contributed by atoms with Gasteiger partial charge in [-0.15, -0.1) is 0 Å². The van der Waals surface area contributed by atoms with Gasteiger partial charge >= 0.3 is 0 Å². The zero-order valence-corrected chi connectivity index (χ0v) is 13.1. The summed E-state index contributed by atoms with van der Waals surface area (Å²) in [5, 5.41) is 0. The second kappa shape index (κ2) is 6.18. The molecule has 0 spiro atoms. The van der Waals surface area contributed by atoms with Gasteiger partial charge in [-0.05, 0) is 13.3 Å². The summed E-state index contributed by atoms with van der Waals surface area (Å²) >= 11 is 0. The minimum Gasteiger partial charge on any atom is -0.493 e. The van der Waals surface area contributed by atoms with Gasteiger partial charge in [-0.25, -0.2) is 4.98 Å². The molecule has 5 heteroatoms. The number of fused-ring (bicyclic) bond motifs is 1. The third-order valence-corrected chi connectivity index (χ3v) is 3.48. The average molecular weight is 289 g/mol. The van der Waals surface area contributed by atoms with Crippen LogP contribution in [-0.4, -0.2) is 23.8 Å². The molecule has 0 aliphatic carbocycles. The first kappa shape index (κ1) is 15.4. The van der Waals surface area contributed by atoms with Gasteiger partial charge in [0.05, 0.1) is 31.3 Å². The van der Waals surface area contributed by atoms with Crippen LogP contribution in [0.3, 0.4) is 0 Å². The van der Waals surface area contributed by atoms with Gasteiger partial charge in [0, 0.05) is 18.7 Å². The third-order valence-electron chi connectivity index (χ3n) is 3.48. The van der Waals surface area contributed by atoms with Crippen molar-refractivity contribution in [3.8, 4) is 11.5 Å². The van der Waals surface area contributed by atoms with Crippen LogP contribution in [-0.2, 0) is 6.54 Å². The number of allylic oxidation sites excluding steroid dienone is 1. The predicted molar refractivity (Wildman–Crippen MR) is 84.9 cm³/mol. The van der Waals surface area contributed by atoms with Gasteiger partial charge in [0.2, 0.25) is 0 Å². The summed E-state index contributed by atoms with van der Waals surface area (Å²) in [4.78, 5) is 4.68. The van der Waals surface area contributed by atoms with Crippen LogP contribution in [0.15, 0.2) is 24.3 Å². The zero-order valence-electron chi connectivity index (χ0n) is 13.1. The van der Waals surface area contributed by atoms with Crippen LogP contribution in [0.5, 0.6) is 11.5 Å². The highest BCUT2D eigenvalue weighted by Crippen LogP contribution is 2.33. The van der Waals surface area contributed by atoms with Gasteiger partial charge in [-0.1, -0.05) is 19.1 Å². The van der Waals surface area contributed by atoms with E-state index in [1.807, 2.05) is 19.1 Å². The Morgan fingerprint density at radius 3 is 2.48 bits per heavy atom. The topological polar surface area (TPSA) is 62.3 Å². The Bertz CT molecular complexity index is 661. The molecule has 2 N–H and O–H groups in total. The maximum absolute atomic E-state index is 6.20. The number of imidazole rings is 1. The van der Waals surface area contributed by atoms with Crippen molar-refractivity contribution >= 4 is 11.0 Å². The lowest BCUT2D eigenvalue weighted by atomic mass is 10.2. The number of aromatic nitrogens is 2. The van der Waals surface area contributed by atoms with Crippen LogP contribution >= 0.6 is 0 Å². The van der Waals surface area contributed by atoms with E-state index < -0.39 is 0 Å². The first-order valence-corrected chi connectivity index (χ1v) is 7.03. The van der Waals surface area contributed by atoms with Crippen LogP contribution < -0.4 is 15.2 Å². The van der Waals surface area contributed by atoms with Gasteiger partial charge < -0.3 is 19.8 Å². The van der Waals surface area contributed by atoms with Crippen LogP contribution in [0.25, 0.3) is 11.0 Å². The lowest BCUT2D eigenvalue weighted by Gasteiger charge is -2.13. The molecule has 2 aromatic rings. The fourth-order valence-corrected chi connectivity index (χ4v) is 2.37. The molecule has 1 aromatic heterocycles. The Kier molecular flexibility index (Phi) is 4.53. The molecular weight excluding hydrogens is 266 g/mol. The highest BCUT2D eigenvalue weighted by Gasteiger charge is 2.18. The number of hydrogen-bond donors (Lipinski definition) is 1. The number of methoxy groups -OCH3 is 2. The fourth-order valence-electron chi connectivity index (χ4n) is 2.37. The molecule has 0 aliphatic heterocycles. The molecule has 2 rings (SSSR count). The molecule has 114 valence electrons. The van der Waals surface area contributed by atoms with E-state index in [4.69, 9.17) is 15.2 Å².